The predicted octanol–water partition coefficient (Wildman–Crippen LogP) is 3.98. The molecule has 0 saturated carbocycles. The van der Waals surface area contributed by atoms with Crippen molar-refractivity contribution in [1.82, 2.24) is 0 Å². The van der Waals surface area contributed by atoms with Gasteiger partial charge in [-0.15, -0.1) is 0 Å². The van der Waals surface area contributed by atoms with Gasteiger partial charge in [0.25, 0.3) is 0 Å². The van der Waals surface area contributed by atoms with Crippen LogP contribution >= 0.6 is 0 Å². The van der Waals surface area contributed by atoms with Crippen molar-refractivity contribution >= 4 is 17.1 Å². The Balaban J connectivity index is 0.000000774. The highest BCUT2D eigenvalue weighted by Crippen LogP contribution is 2.33. The molecule has 3 rings (SSSR count). The van der Waals surface area contributed by atoms with E-state index in [1.807, 2.05) is 18.2 Å². The highest BCUT2D eigenvalue weighted by molar-refractivity contribution is 5.76. The first-order chi connectivity index (χ1) is 10.4. The largest absolute Gasteiger partial charge is 0.311 e. The Morgan fingerprint density at radius 3 is 0.905 bits per heavy atom. The van der Waals surface area contributed by atoms with E-state index in [9.17, 15) is 0 Å². The average Bonchev–Trinajstić information content (AvgIpc) is 2.60. The Labute approximate surface area is 125 Å². The van der Waals surface area contributed by atoms with Crippen LogP contribution in [0.15, 0.2) is 91.0 Å². The van der Waals surface area contributed by atoms with Gasteiger partial charge in [-0.05, 0) is 36.4 Å². The van der Waals surface area contributed by atoms with E-state index in [1.54, 1.807) is 0 Å². The van der Waals surface area contributed by atoms with Gasteiger partial charge in [0.1, 0.15) is 0 Å². The van der Waals surface area contributed by atoms with E-state index in [-0.39, 0.29) is 0 Å². The van der Waals surface area contributed by atoms with Gasteiger partial charge in [0, 0.05) is 17.1 Å². The van der Waals surface area contributed by atoms with E-state index in [4.69, 9.17) is 0 Å². The van der Waals surface area contributed by atoms with Crippen LogP contribution in [0.25, 0.3) is 0 Å². The molecule has 0 saturated heterocycles. The Kier molecular flexibility index (Phi) is 5.52. The fourth-order valence-electron chi connectivity index (χ4n) is 2.18. The molecule has 3 aromatic carbocycles. The summed E-state index contributed by atoms with van der Waals surface area (Å²) in [6.45, 7) is 0. The number of para-hydroxylation sites is 3. The number of hydrogen-bond acceptors (Lipinski definition) is 3. The monoisotopic (exact) mass is 277 g/mol. The highest BCUT2D eigenvalue weighted by atomic mass is 15.1. The van der Waals surface area contributed by atoms with Gasteiger partial charge in [0.15, 0.2) is 0 Å². The van der Waals surface area contributed by atoms with Crippen molar-refractivity contribution in [2.75, 3.05) is 4.90 Å². The lowest BCUT2D eigenvalue weighted by molar-refractivity contribution is 1.26. The van der Waals surface area contributed by atoms with Gasteiger partial charge in [-0.1, -0.05) is 54.6 Å². The molecule has 3 aromatic rings. The molecule has 0 spiro atoms. The molecule has 0 radical (unpaired) electrons. The van der Waals surface area contributed by atoms with Crippen LogP contribution in [0.3, 0.4) is 0 Å². The van der Waals surface area contributed by atoms with Crippen molar-refractivity contribution in [3.8, 4) is 0 Å². The van der Waals surface area contributed by atoms with Crippen LogP contribution < -0.4 is 16.6 Å². The van der Waals surface area contributed by atoms with E-state index >= 15 is 0 Å². The zero-order valence-corrected chi connectivity index (χ0v) is 11.8. The quantitative estimate of drug-likeness (QED) is 0.562. The minimum Gasteiger partial charge on any atom is -0.311 e. The number of nitrogens with zero attached hydrogens (tertiary/aromatic N) is 1. The lowest BCUT2D eigenvalue weighted by atomic mass is 10.2. The molecule has 4 N–H and O–H groups in total. The van der Waals surface area contributed by atoms with Crippen molar-refractivity contribution in [3.63, 3.8) is 0 Å². The summed E-state index contributed by atoms with van der Waals surface area (Å²) in [4.78, 5) is 2.25. The molecule has 0 unspecified atom stereocenters. The molecule has 3 nitrogen and oxygen atoms in total. The highest BCUT2D eigenvalue weighted by Gasteiger charge is 2.10. The fourth-order valence-corrected chi connectivity index (χ4v) is 2.18. The molecule has 0 aliphatic heterocycles. The SMILES string of the molecule is NN.c1ccc(N(c2ccccc2)c2ccccc2)cc1. The number of hydrazine groups is 1. The van der Waals surface area contributed by atoms with E-state index in [0.717, 1.165) is 0 Å². The Morgan fingerprint density at radius 2 is 0.667 bits per heavy atom. The summed E-state index contributed by atoms with van der Waals surface area (Å²) in [7, 11) is 0. The van der Waals surface area contributed by atoms with Crippen LogP contribution in [0.5, 0.6) is 0 Å². The second-order valence-corrected chi connectivity index (χ2v) is 4.34. The summed E-state index contributed by atoms with van der Waals surface area (Å²) in [5, 5.41) is 0. The number of rotatable bonds is 3. The predicted molar refractivity (Wildman–Crippen MR) is 89.5 cm³/mol. The first-order valence-electron chi connectivity index (χ1n) is 6.74. The third-order valence-electron chi connectivity index (χ3n) is 3.04. The first kappa shape index (κ1) is 14.8. The molecular formula is C18H19N3. The van der Waals surface area contributed by atoms with Crippen LogP contribution in [-0.2, 0) is 0 Å². The van der Waals surface area contributed by atoms with Gasteiger partial charge in [0.05, 0.1) is 0 Å². The van der Waals surface area contributed by atoms with Crippen LogP contribution in [0, 0.1) is 0 Å². The van der Waals surface area contributed by atoms with Gasteiger partial charge in [-0.2, -0.15) is 0 Å². The van der Waals surface area contributed by atoms with Crippen molar-refractivity contribution in [1.29, 1.82) is 0 Å². The second-order valence-electron chi connectivity index (χ2n) is 4.34. The van der Waals surface area contributed by atoms with Crippen molar-refractivity contribution in [2.24, 2.45) is 11.7 Å². The Morgan fingerprint density at radius 1 is 0.429 bits per heavy atom. The van der Waals surface area contributed by atoms with E-state index in [2.05, 4.69) is 89.4 Å². The lowest BCUT2D eigenvalue weighted by Gasteiger charge is -2.25. The van der Waals surface area contributed by atoms with E-state index in [0.29, 0.717) is 0 Å². The average molecular weight is 277 g/mol. The van der Waals surface area contributed by atoms with E-state index in [1.165, 1.54) is 17.1 Å². The summed E-state index contributed by atoms with van der Waals surface area (Å²) in [5.41, 5.74) is 3.50. The van der Waals surface area contributed by atoms with Crippen LogP contribution in [0.4, 0.5) is 17.1 Å². The molecule has 0 aromatic heterocycles. The number of hydrogen-bond donors (Lipinski definition) is 2. The summed E-state index contributed by atoms with van der Waals surface area (Å²) in [5.74, 6) is 8.00. The fraction of sp³-hybridized carbons (Fsp3) is 0. The molecule has 0 heterocycles. The Hall–Kier alpha value is -2.62. The molecule has 0 bridgehead atoms. The first-order valence-corrected chi connectivity index (χ1v) is 6.74. The normalized spacial score (nSPS) is 9.43. The maximum Gasteiger partial charge on any atom is 0.0461 e. The third kappa shape index (κ3) is 3.69. The molecular weight excluding hydrogens is 258 g/mol. The van der Waals surface area contributed by atoms with Crippen molar-refractivity contribution in [2.45, 2.75) is 0 Å². The van der Waals surface area contributed by atoms with Gasteiger partial charge < -0.3 is 4.90 Å². The molecule has 0 amide bonds. The van der Waals surface area contributed by atoms with Gasteiger partial charge in [-0.3, -0.25) is 11.7 Å². The molecule has 0 fully saturated rings. The molecule has 3 heteroatoms. The van der Waals surface area contributed by atoms with Crippen LogP contribution in [0.2, 0.25) is 0 Å². The maximum absolute atomic E-state index is 4.00. The number of nitrogens with two attached hydrogens (primary N) is 2. The van der Waals surface area contributed by atoms with Crippen molar-refractivity contribution < 1.29 is 0 Å². The van der Waals surface area contributed by atoms with Crippen LogP contribution in [0.1, 0.15) is 0 Å². The summed E-state index contributed by atoms with van der Waals surface area (Å²) in [6, 6.07) is 31.3. The van der Waals surface area contributed by atoms with E-state index < -0.39 is 0 Å². The maximum atomic E-state index is 4.00. The number of anilines is 3. The number of benzene rings is 3. The molecule has 21 heavy (non-hydrogen) atoms. The van der Waals surface area contributed by atoms with Gasteiger partial charge in [0.2, 0.25) is 0 Å². The zero-order valence-electron chi connectivity index (χ0n) is 11.8. The Bertz CT molecular complexity index is 530. The molecule has 0 aliphatic rings. The minimum absolute atomic E-state index is 1.17. The lowest BCUT2D eigenvalue weighted by Crippen LogP contribution is -2.09. The van der Waals surface area contributed by atoms with Gasteiger partial charge in [-0.25, -0.2) is 0 Å². The molecule has 0 atom stereocenters. The molecule has 106 valence electrons. The smallest absolute Gasteiger partial charge is 0.0461 e. The molecule has 0 aliphatic carbocycles. The summed E-state index contributed by atoms with van der Waals surface area (Å²) < 4.78 is 0. The van der Waals surface area contributed by atoms with Crippen molar-refractivity contribution in [3.05, 3.63) is 91.0 Å². The summed E-state index contributed by atoms with van der Waals surface area (Å²) in [6.07, 6.45) is 0. The second kappa shape index (κ2) is 7.85. The summed E-state index contributed by atoms with van der Waals surface area (Å²) >= 11 is 0. The zero-order chi connectivity index (χ0) is 14.9. The topological polar surface area (TPSA) is 55.3 Å². The third-order valence-corrected chi connectivity index (χ3v) is 3.04. The minimum atomic E-state index is 1.17. The standard InChI is InChI=1S/C18H15N.H4N2/c1-4-10-16(11-5-1)19(17-12-6-2-7-13-17)18-14-8-3-9-15-18;1-2/h1-15H;1-2H2. The van der Waals surface area contributed by atoms with Gasteiger partial charge >= 0.3 is 0 Å². The van der Waals surface area contributed by atoms with Crippen LogP contribution in [-0.4, -0.2) is 0 Å².